The molecule has 2 N–H and O–H groups in total. The molecule has 1 rings (SSSR count). The van der Waals surface area contributed by atoms with Gasteiger partial charge in [0.15, 0.2) is 0 Å². The van der Waals surface area contributed by atoms with Gasteiger partial charge < -0.3 is 10.4 Å². The van der Waals surface area contributed by atoms with Gasteiger partial charge in [0.2, 0.25) is 10.0 Å². The van der Waals surface area contributed by atoms with Crippen LogP contribution in [-0.2, 0) is 16.4 Å². The van der Waals surface area contributed by atoms with E-state index in [0.717, 1.165) is 16.3 Å². The lowest BCUT2D eigenvalue weighted by atomic mass is 9.98. The quantitative estimate of drug-likeness (QED) is 0.738. The van der Waals surface area contributed by atoms with E-state index in [1.54, 1.807) is 26.0 Å². The van der Waals surface area contributed by atoms with Crippen molar-refractivity contribution in [1.29, 1.82) is 0 Å². The fourth-order valence-corrected chi connectivity index (χ4v) is 2.58. The van der Waals surface area contributed by atoms with E-state index in [2.05, 4.69) is 5.32 Å². The van der Waals surface area contributed by atoms with Crippen LogP contribution in [0.5, 0.6) is 0 Å². The number of hydrogen-bond acceptors (Lipinski definition) is 4. The number of hydrogen-bond donors (Lipinski definition) is 2. The molecule has 130 valence electrons. The molecule has 0 fully saturated rings. The maximum absolute atomic E-state index is 12.0. The average molecular weight is 342 g/mol. The zero-order valence-electron chi connectivity index (χ0n) is 14.2. The van der Waals surface area contributed by atoms with Gasteiger partial charge in [0.1, 0.15) is 0 Å². The molecule has 0 aliphatic carbocycles. The summed E-state index contributed by atoms with van der Waals surface area (Å²) in [5.74, 6) is -0.428. The number of sulfonamides is 1. The molecule has 0 atom stereocenters. The van der Waals surface area contributed by atoms with E-state index in [4.69, 9.17) is 0 Å². The van der Waals surface area contributed by atoms with Crippen LogP contribution < -0.4 is 5.32 Å². The highest BCUT2D eigenvalue weighted by Gasteiger charge is 2.15. The molecule has 7 heteroatoms. The standard InChI is InChI=1S/C16H26N2O4S/c1-16(2,20)10-9-13-5-7-14(8-6-13)15(19)17-11-12-23(21,22)18(3)4/h5-8,20H,9-12H2,1-4H3,(H,17,19). The van der Waals surface area contributed by atoms with Crippen molar-refractivity contribution in [2.75, 3.05) is 26.4 Å². The van der Waals surface area contributed by atoms with Gasteiger partial charge >= 0.3 is 0 Å². The summed E-state index contributed by atoms with van der Waals surface area (Å²) in [6, 6.07) is 7.10. The lowest BCUT2D eigenvalue weighted by Crippen LogP contribution is -2.33. The predicted octanol–water partition coefficient (Wildman–Crippen LogP) is 1.01. The zero-order valence-corrected chi connectivity index (χ0v) is 15.0. The van der Waals surface area contributed by atoms with Gasteiger partial charge in [-0.05, 0) is 44.4 Å². The second-order valence-electron chi connectivity index (χ2n) is 6.36. The summed E-state index contributed by atoms with van der Waals surface area (Å²) in [4.78, 5) is 12.0. The highest BCUT2D eigenvalue weighted by molar-refractivity contribution is 7.89. The van der Waals surface area contributed by atoms with Gasteiger partial charge in [0, 0.05) is 26.2 Å². The summed E-state index contributed by atoms with van der Waals surface area (Å²) >= 11 is 0. The monoisotopic (exact) mass is 342 g/mol. The third-order valence-electron chi connectivity index (χ3n) is 3.44. The van der Waals surface area contributed by atoms with Crippen molar-refractivity contribution in [3.05, 3.63) is 35.4 Å². The highest BCUT2D eigenvalue weighted by atomic mass is 32.2. The van der Waals surface area contributed by atoms with Crippen molar-refractivity contribution in [1.82, 2.24) is 9.62 Å². The minimum absolute atomic E-state index is 0.0692. The summed E-state index contributed by atoms with van der Waals surface area (Å²) in [6.45, 7) is 3.59. The Bertz CT molecular complexity index is 616. The Labute approximate surface area is 138 Å². The number of aryl methyl sites for hydroxylation is 1. The normalized spacial score (nSPS) is 12.4. The molecule has 0 aromatic heterocycles. The molecule has 0 spiro atoms. The van der Waals surface area contributed by atoms with E-state index >= 15 is 0 Å². The van der Waals surface area contributed by atoms with Crippen LogP contribution >= 0.6 is 0 Å². The van der Waals surface area contributed by atoms with E-state index in [1.165, 1.54) is 14.1 Å². The first kappa shape index (κ1) is 19.6. The Morgan fingerprint density at radius 3 is 2.26 bits per heavy atom. The highest BCUT2D eigenvalue weighted by Crippen LogP contribution is 2.13. The van der Waals surface area contributed by atoms with Crippen LogP contribution in [-0.4, -0.2) is 55.7 Å². The largest absolute Gasteiger partial charge is 0.390 e. The molecule has 0 unspecified atom stereocenters. The third kappa shape index (κ3) is 7.11. The van der Waals surface area contributed by atoms with E-state index in [-0.39, 0.29) is 18.2 Å². The van der Waals surface area contributed by atoms with Gasteiger partial charge in [-0.2, -0.15) is 0 Å². The molecular formula is C16H26N2O4S. The number of nitrogens with zero attached hydrogens (tertiary/aromatic N) is 1. The van der Waals surface area contributed by atoms with Crippen LogP contribution in [0.3, 0.4) is 0 Å². The average Bonchev–Trinajstić information content (AvgIpc) is 2.44. The number of benzene rings is 1. The van der Waals surface area contributed by atoms with Crippen molar-refractivity contribution in [2.24, 2.45) is 0 Å². The number of aliphatic hydroxyl groups is 1. The number of rotatable bonds is 8. The van der Waals surface area contributed by atoms with Crippen LogP contribution in [0.2, 0.25) is 0 Å². The fraction of sp³-hybridized carbons (Fsp3) is 0.562. The van der Waals surface area contributed by atoms with Gasteiger partial charge in [-0.15, -0.1) is 0 Å². The summed E-state index contributed by atoms with van der Waals surface area (Å²) < 4.78 is 24.3. The Morgan fingerprint density at radius 2 is 1.78 bits per heavy atom. The lowest BCUT2D eigenvalue weighted by molar-refractivity contribution is 0.0713. The maximum atomic E-state index is 12.0. The summed E-state index contributed by atoms with van der Waals surface area (Å²) in [7, 11) is -0.385. The number of amides is 1. The van der Waals surface area contributed by atoms with Crippen LogP contribution in [0.15, 0.2) is 24.3 Å². The van der Waals surface area contributed by atoms with Gasteiger partial charge in [0.25, 0.3) is 5.91 Å². The van der Waals surface area contributed by atoms with Crippen LogP contribution in [0.25, 0.3) is 0 Å². The number of carbonyl (C=O) groups is 1. The Hall–Kier alpha value is -1.44. The Balaban J connectivity index is 2.52. The second-order valence-corrected chi connectivity index (χ2v) is 8.67. The van der Waals surface area contributed by atoms with Crippen molar-refractivity contribution in [3.63, 3.8) is 0 Å². The van der Waals surface area contributed by atoms with Crippen molar-refractivity contribution in [2.45, 2.75) is 32.3 Å². The first-order chi connectivity index (χ1) is 10.5. The topological polar surface area (TPSA) is 86.7 Å². The Morgan fingerprint density at radius 1 is 1.22 bits per heavy atom. The van der Waals surface area contributed by atoms with E-state index in [0.29, 0.717) is 12.0 Å². The minimum Gasteiger partial charge on any atom is -0.390 e. The molecule has 6 nitrogen and oxygen atoms in total. The first-order valence-corrected chi connectivity index (χ1v) is 9.12. The maximum Gasteiger partial charge on any atom is 0.251 e. The summed E-state index contributed by atoms with van der Waals surface area (Å²) in [5, 5.41) is 12.3. The van der Waals surface area contributed by atoms with Crippen molar-refractivity contribution >= 4 is 15.9 Å². The van der Waals surface area contributed by atoms with E-state index in [1.807, 2.05) is 12.1 Å². The molecule has 0 bridgehead atoms. The van der Waals surface area contributed by atoms with Gasteiger partial charge in [-0.25, -0.2) is 12.7 Å². The first-order valence-electron chi connectivity index (χ1n) is 7.51. The predicted molar refractivity (Wildman–Crippen MR) is 90.9 cm³/mol. The molecule has 0 aliphatic heterocycles. The smallest absolute Gasteiger partial charge is 0.251 e. The molecule has 1 aromatic rings. The fourth-order valence-electron chi connectivity index (χ4n) is 1.85. The summed E-state index contributed by atoms with van der Waals surface area (Å²) in [5.41, 5.74) is 0.812. The zero-order chi connectivity index (χ0) is 17.7. The molecule has 23 heavy (non-hydrogen) atoms. The minimum atomic E-state index is -3.31. The Kier molecular flexibility index (Phi) is 6.73. The lowest BCUT2D eigenvalue weighted by Gasteiger charge is -2.16. The molecule has 0 saturated heterocycles. The third-order valence-corrected chi connectivity index (χ3v) is 5.28. The second kappa shape index (κ2) is 7.90. The number of carbonyl (C=O) groups excluding carboxylic acids is 1. The van der Waals surface area contributed by atoms with Crippen LogP contribution in [0, 0.1) is 0 Å². The van der Waals surface area contributed by atoms with Crippen LogP contribution in [0.4, 0.5) is 0 Å². The molecule has 0 saturated carbocycles. The molecule has 0 radical (unpaired) electrons. The van der Waals surface area contributed by atoms with Gasteiger partial charge in [-0.3, -0.25) is 4.79 Å². The van der Waals surface area contributed by atoms with Gasteiger partial charge in [-0.1, -0.05) is 12.1 Å². The molecular weight excluding hydrogens is 316 g/mol. The number of nitrogens with one attached hydrogen (secondary N) is 1. The molecule has 1 aromatic carbocycles. The molecule has 1 amide bonds. The van der Waals surface area contributed by atoms with E-state index < -0.39 is 15.6 Å². The molecule has 0 aliphatic rings. The van der Waals surface area contributed by atoms with Crippen molar-refractivity contribution in [3.8, 4) is 0 Å². The SMILES string of the molecule is CN(C)S(=O)(=O)CCNC(=O)c1ccc(CCC(C)(C)O)cc1. The van der Waals surface area contributed by atoms with Crippen molar-refractivity contribution < 1.29 is 18.3 Å². The summed E-state index contributed by atoms with van der Waals surface area (Å²) in [6.07, 6.45) is 1.37. The van der Waals surface area contributed by atoms with E-state index in [9.17, 15) is 18.3 Å². The van der Waals surface area contributed by atoms with Gasteiger partial charge in [0.05, 0.1) is 11.4 Å². The molecule has 0 heterocycles. The van der Waals surface area contributed by atoms with Crippen LogP contribution in [0.1, 0.15) is 36.2 Å².